The molecule has 0 bridgehead atoms. The lowest BCUT2D eigenvalue weighted by Crippen LogP contribution is -1.87. The normalized spacial score (nSPS) is 10.9. The maximum absolute atomic E-state index is 5.97. The molecule has 4 heteroatoms. The van der Waals surface area contributed by atoms with Crippen LogP contribution in [0.15, 0.2) is 42.6 Å². The molecule has 0 spiro atoms. The van der Waals surface area contributed by atoms with Gasteiger partial charge in [-0.15, -0.1) is 11.3 Å². The van der Waals surface area contributed by atoms with Crippen molar-refractivity contribution in [2.24, 2.45) is 0 Å². The van der Waals surface area contributed by atoms with Gasteiger partial charge >= 0.3 is 0 Å². The lowest BCUT2D eigenvalue weighted by Gasteiger charge is -1.96. The van der Waals surface area contributed by atoms with E-state index in [0.29, 0.717) is 5.82 Å². The summed E-state index contributed by atoms with van der Waals surface area (Å²) in [5, 5.41) is 1.97. The Bertz CT molecular complexity index is 673. The number of benzene rings is 1. The second kappa shape index (κ2) is 4.02. The molecular formula is C13H9ClN2S. The fourth-order valence-electron chi connectivity index (χ4n) is 1.70. The number of rotatable bonds is 1. The first kappa shape index (κ1) is 10.6. The Morgan fingerprint density at radius 1 is 1.12 bits per heavy atom. The summed E-state index contributed by atoms with van der Waals surface area (Å²) in [4.78, 5) is 5.28. The summed E-state index contributed by atoms with van der Waals surface area (Å²) in [6, 6.07) is 11.9. The summed E-state index contributed by atoms with van der Waals surface area (Å²) in [5.41, 5.74) is 6.65. The highest BCUT2D eigenvalue weighted by molar-refractivity contribution is 7.22. The zero-order valence-electron chi connectivity index (χ0n) is 8.85. The average molecular weight is 261 g/mol. The summed E-state index contributed by atoms with van der Waals surface area (Å²) >= 11 is 7.68. The van der Waals surface area contributed by atoms with E-state index in [2.05, 4.69) is 11.1 Å². The second-order valence-electron chi connectivity index (χ2n) is 3.76. The lowest BCUT2D eigenvalue weighted by atomic mass is 10.2. The number of hydrogen-bond donors (Lipinski definition) is 1. The summed E-state index contributed by atoms with van der Waals surface area (Å²) in [5.74, 6) is 0.540. The molecule has 0 saturated heterocycles. The van der Waals surface area contributed by atoms with E-state index in [4.69, 9.17) is 17.3 Å². The zero-order chi connectivity index (χ0) is 11.8. The van der Waals surface area contributed by atoms with Gasteiger partial charge in [-0.25, -0.2) is 4.98 Å². The third-order valence-electron chi connectivity index (χ3n) is 2.55. The maximum Gasteiger partial charge on any atom is 0.123 e. The highest BCUT2D eigenvalue weighted by atomic mass is 35.5. The van der Waals surface area contributed by atoms with Crippen LogP contribution in [-0.2, 0) is 0 Å². The number of anilines is 1. The van der Waals surface area contributed by atoms with Crippen molar-refractivity contribution in [3.63, 3.8) is 0 Å². The number of hydrogen-bond acceptors (Lipinski definition) is 3. The minimum atomic E-state index is 0.540. The molecule has 1 aromatic carbocycles. The molecule has 2 nitrogen and oxygen atoms in total. The molecular weight excluding hydrogens is 252 g/mol. The topological polar surface area (TPSA) is 38.9 Å². The highest BCUT2D eigenvalue weighted by Crippen LogP contribution is 2.34. The van der Waals surface area contributed by atoms with Crippen molar-refractivity contribution in [3.05, 3.63) is 47.6 Å². The predicted molar refractivity (Wildman–Crippen MR) is 74.5 cm³/mol. The number of thiophene rings is 1. The molecule has 0 fully saturated rings. The molecule has 0 aliphatic carbocycles. The van der Waals surface area contributed by atoms with Crippen molar-refractivity contribution in [1.82, 2.24) is 4.98 Å². The van der Waals surface area contributed by atoms with E-state index in [1.54, 1.807) is 17.5 Å². The molecule has 0 radical (unpaired) electrons. The molecule has 2 heterocycles. The SMILES string of the molecule is Nc1ccc(-c2cc3ccc(Cl)cc3s2)cn1. The van der Waals surface area contributed by atoms with Crippen molar-refractivity contribution in [2.75, 3.05) is 5.73 Å². The summed E-state index contributed by atoms with van der Waals surface area (Å²) in [6.45, 7) is 0. The van der Waals surface area contributed by atoms with Crippen LogP contribution < -0.4 is 5.73 Å². The molecule has 0 aliphatic rings. The van der Waals surface area contributed by atoms with Gasteiger partial charge in [-0.1, -0.05) is 17.7 Å². The van der Waals surface area contributed by atoms with Crippen LogP contribution >= 0.6 is 22.9 Å². The van der Waals surface area contributed by atoms with Crippen LogP contribution in [0.4, 0.5) is 5.82 Å². The summed E-state index contributed by atoms with van der Waals surface area (Å²) in [7, 11) is 0. The Balaban J connectivity index is 2.14. The number of halogens is 1. The molecule has 17 heavy (non-hydrogen) atoms. The van der Waals surface area contributed by atoms with Crippen LogP contribution in [0.1, 0.15) is 0 Å². The Kier molecular flexibility index (Phi) is 2.50. The van der Waals surface area contributed by atoms with E-state index in [0.717, 1.165) is 10.6 Å². The van der Waals surface area contributed by atoms with Crippen molar-refractivity contribution in [2.45, 2.75) is 0 Å². The average Bonchev–Trinajstić information content (AvgIpc) is 2.72. The van der Waals surface area contributed by atoms with Crippen LogP contribution in [0.25, 0.3) is 20.5 Å². The van der Waals surface area contributed by atoms with Crippen LogP contribution in [0.3, 0.4) is 0 Å². The van der Waals surface area contributed by atoms with Gasteiger partial charge in [0.1, 0.15) is 5.82 Å². The van der Waals surface area contributed by atoms with Gasteiger partial charge in [0.25, 0.3) is 0 Å². The quantitative estimate of drug-likeness (QED) is 0.712. The van der Waals surface area contributed by atoms with Crippen molar-refractivity contribution >= 4 is 38.8 Å². The second-order valence-corrected chi connectivity index (χ2v) is 5.28. The first-order valence-corrected chi connectivity index (χ1v) is 6.33. The van der Waals surface area contributed by atoms with Gasteiger partial charge in [0.05, 0.1) is 0 Å². The molecule has 0 aliphatic heterocycles. The summed E-state index contributed by atoms with van der Waals surface area (Å²) in [6.07, 6.45) is 1.79. The first-order valence-electron chi connectivity index (χ1n) is 5.13. The Labute approximate surface area is 108 Å². The van der Waals surface area contributed by atoms with Crippen LogP contribution in [0.2, 0.25) is 5.02 Å². The molecule has 3 rings (SSSR count). The van der Waals surface area contributed by atoms with Crippen molar-refractivity contribution < 1.29 is 0 Å². The molecule has 3 aromatic rings. The third-order valence-corrected chi connectivity index (χ3v) is 3.94. The molecule has 2 N–H and O–H groups in total. The molecule has 0 amide bonds. The van der Waals surface area contributed by atoms with Crippen molar-refractivity contribution in [3.8, 4) is 10.4 Å². The van der Waals surface area contributed by atoms with Crippen LogP contribution in [-0.4, -0.2) is 4.98 Å². The summed E-state index contributed by atoms with van der Waals surface area (Å²) < 4.78 is 1.18. The fourth-order valence-corrected chi connectivity index (χ4v) is 3.03. The van der Waals surface area contributed by atoms with E-state index in [1.165, 1.54) is 15.0 Å². The lowest BCUT2D eigenvalue weighted by molar-refractivity contribution is 1.34. The molecule has 2 aromatic heterocycles. The largest absolute Gasteiger partial charge is 0.384 e. The number of aromatic nitrogens is 1. The predicted octanol–water partition coefficient (Wildman–Crippen LogP) is 4.20. The maximum atomic E-state index is 5.97. The fraction of sp³-hybridized carbons (Fsp3) is 0. The molecule has 84 valence electrons. The molecule has 0 saturated carbocycles. The zero-order valence-corrected chi connectivity index (χ0v) is 10.4. The van der Waals surface area contributed by atoms with Crippen LogP contribution in [0.5, 0.6) is 0 Å². The Morgan fingerprint density at radius 2 is 2.00 bits per heavy atom. The van der Waals surface area contributed by atoms with E-state index >= 15 is 0 Å². The number of nitrogen functional groups attached to an aromatic ring is 1. The number of nitrogens with two attached hydrogens (primary N) is 1. The number of fused-ring (bicyclic) bond motifs is 1. The highest BCUT2D eigenvalue weighted by Gasteiger charge is 2.05. The van der Waals surface area contributed by atoms with Gasteiger partial charge in [-0.2, -0.15) is 0 Å². The monoisotopic (exact) mass is 260 g/mol. The van der Waals surface area contributed by atoms with Crippen LogP contribution in [0, 0.1) is 0 Å². The van der Waals surface area contributed by atoms with E-state index in [1.807, 2.05) is 30.3 Å². The van der Waals surface area contributed by atoms with Gasteiger partial charge in [0, 0.05) is 26.4 Å². The van der Waals surface area contributed by atoms with E-state index in [9.17, 15) is 0 Å². The smallest absolute Gasteiger partial charge is 0.123 e. The number of nitrogens with zero attached hydrogens (tertiary/aromatic N) is 1. The minimum absolute atomic E-state index is 0.540. The van der Waals surface area contributed by atoms with Gasteiger partial charge in [0.2, 0.25) is 0 Å². The molecule has 0 atom stereocenters. The Morgan fingerprint density at radius 3 is 2.76 bits per heavy atom. The number of pyridine rings is 1. The van der Waals surface area contributed by atoms with Gasteiger partial charge in [0.15, 0.2) is 0 Å². The van der Waals surface area contributed by atoms with Gasteiger partial charge in [-0.3, -0.25) is 0 Å². The first-order chi connectivity index (χ1) is 8.22. The Hall–Kier alpha value is -1.58. The minimum Gasteiger partial charge on any atom is -0.384 e. The molecule has 0 unspecified atom stereocenters. The standard InChI is InChI=1S/C13H9ClN2S/c14-10-3-1-8-5-11(17-12(8)6-10)9-2-4-13(15)16-7-9/h1-7H,(H2,15,16). The third kappa shape index (κ3) is 1.99. The van der Waals surface area contributed by atoms with Gasteiger partial charge in [-0.05, 0) is 35.7 Å². The van der Waals surface area contributed by atoms with Gasteiger partial charge < -0.3 is 5.73 Å². The van der Waals surface area contributed by atoms with E-state index in [-0.39, 0.29) is 0 Å². The van der Waals surface area contributed by atoms with E-state index < -0.39 is 0 Å². The van der Waals surface area contributed by atoms with Crippen molar-refractivity contribution in [1.29, 1.82) is 0 Å².